The Bertz CT molecular complexity index is 454. The van der Waals surface area contributed by atoms with Gasteiger partial charge >= 0.3 is 12.0 Å². The first-order chi connectivity index (χ1) is 8.56. The van der Waals surface area contributed by atoms with Crippen molar-refractivity contribution < 1.29 is 14.7 Å². The first-order valence-electron chi connectivity index (χ1n) is 5.89. The molecule has 0 saturated heterocycles. The predicted octanol–water partition coefficient (Wildman–Crippen LogP) is 1.72. The molecule has 1 unspecified atom stereocenters. The number of hydrogen-bond donors (Lipinski definition) is 3. The Labute approximate surface area is 109 Å². The average molecular weight is 268 g/mol. The summed E-state index contributed by atoms with van der Waals surface area (Å²) in [5, 5.41) is 14.2. The number of aryl methyl sites for hydroxylation is 1. The molecule has 1 aliphatic carbocycles. The number of aliphatic carboxylic acids is 1. The summed E-state index contributed by atoms with van der Waals surface area (Å²) in [6, 6.07) is 2.77. The van der Waals surface area contributed by atoms with E-state index in [1.54, 1.807) is 11.3 Å². The van der Waals surface area contributed by atoms with Crippen LogP contribution in [0, 0.1) is 12.8 Å². The maximum absolute atomic E-state index is 11.6. The third kappa shape index (κ3) is 3.46. The van der Waals surface area contributed by atoms with Gasteiger partial charge in [-0.2, -0.15) is 0 Å². The lowest BCUT2D eigenvalue weighted by molar-refractivity contribution is -0.139. The van der Waals surface area contributed by atoms with Crippen LogP contribution in [0.15, 0.2) is 12.1 Å². The maximum atomic E-state index is 11.6. The van der Waals surface area contributed by atoms with Crippen molar-refractivity contribution >= 4 is 23.3 Å². The van der Waals surface area contributed by atoms with Crippen molar-refractivity contribution in [2.45, 2.75) is 32.4 Å². The van der Waals surface area contributed by atoms with Crippen molar-refractivity contribution in [1.82, 2.24) is 10.6 Å². The zero-order valence-electron chi connectivity index (χ0n) is 10.1. The topological polar surface area (TPSA) is 78.4 Å². The van der Waals surface area contributed by atoms with Gasteiger partial charge in [-0.1, -0.05) is 0 Å². The highest BCUT2D eigenvalue weighted by Gasteiger charge is 2.37. The highest BCUT2D eigenvalue weighted by Crippen LogP contribution is 2.32. The first-order valence-corrected chi connectivity index (χ1v) is 6.70. The van der Waals surface area contributed by atoms with Crippen LogP contribution in [0.2, 0.25) is 0 Å². The molecule has 1 fully saturated rings. The summed E-state index contributed by atoms with van der Waals surface area (Å²) in [4.78, 5) is 24.8. The number of carbonyl (C=O) groups excluding carboxylic acids is 1. The van der Waals surface area contributed by atoms with Crippen LogP contribution in [0.5, 0.6) is 0 Å². The second kappa shape index (κ2) is 5.39. The number of nitrogens with one attached hydrogen (secondary N) is 2. The van der Waals surface area contributed by atoms with E-state index in [1.165, 1.54) is 4.88 Å². The quantitative estimate of drug-likeness (QED) is 0.761. The summed E-state index contributed by atoms with van der Waals surface area (Å²) >= 11 is 1.61. The lowest BCUT2D eigenvalue weighted by atomic mass is 10.2. The van der Waals surface area contributed by atoms with Crippen molar-refractivity contribution in [1.29, 1.82) is 0 Å². The van der Waals surface area contributed by atoms with Crippen molar-refractivity contribution in [3.8, 4) is 0 Å². The molecule has 1 saturated carbocycles. The number of carboxylic acids is 1. The molecule has 0 bridgehead atoms. The summed E-state index contributed by atoms with van der Waals surface area (Å²) in [6.07, 6.45) is 1.75. The third-order valence-corrected chi connectivity index (χ3v) is 3.87. The smallest absolute Gasteiger partial charge is 0.326 e. The van der Waals surface area contributed by atoms with Crippen molar-refractivity contribution in [2.24, 2.45) is 5.92 Å². The molecule has 1 atom stereocenters. The Morgan fingerprint density at radius 3 is 2.72 bits per heavy atom. The van der Waals surface area contributed by atoms with Gasteiger partial charge in [0.25, 0.3) is 0 Å². The standard InChI is InChI=1S/C12H16N2O3S/c1-7-2-5-9(18-7)6-13-12(17)14-10(11(15)16)8-3-4-8/h2,5,8,10H,3-4,6H2,1H3,(H,15,16)(H2,13,14,17). The molecule has 1 aromatic rings. The summed E-state index contributed by atoms with van der Waals surface area (Å²) in [5.41, 5.74) is 0. The van der Waals surface area contributed by atoms with E-state index in [1.807, 2.05) is 19.1 Å². The summed E-state index contributed by atoms with van der Waals surface area (Å²) in [5.74, 6) is -0.864. The molecule has 1 aromatic heterocycles. The van der Waals surface area contributed by atoms with Crippen LogP contribution in [0.25, 0.3) is 0 Å². The Kier molecular flexibility index (Phi) is 3.86. The number of thiophene rings is 1. The minimum atomic E-state index is -0.959. The highest BCUT2D eigenvalue weighted by molar-refractivity contribution is 7.11. The van der Waals surface area contributed by atoms with Crippen molar-refractivity contribution in [3.63, 3.8) is 0 Å². The zero-order chi connectivity index (χ0) is 13.1. The molecule has 0 aliphatic heterocycles. The second-order valence-corrected chi connectivity index (χ2v) is 5.87. The van der Waals surface area contributed by atoms with E-state index in [4.69, 9.17) is 5.11 Å². The molecule has 2 amide bonds. The number of carboxylic acid groups (broad SMARTS) is 1. The van der Waals surface area contributed by atoms with E-state index < -0.39 is 18.0 Å². The largest absolute Gasteiger partial charge is 0.480 e. The second-order valence-electron chi connectivity index (χ2n) is 4.49. The van der Waals surface area contributed by atoms with Gasteiger partial charge in [-0.05, 0) is 37.8 Å². The molecule has 0 radical (unpaired) electrons. The van der Waals surface area contributed by atoms with E-state index in [0.717, 1.165) is 17.7 Å². The fourth-order valence-corrected chi connectivity index (χ4v) is 2.58. The minimum Gasteiger partial charge on any atom is -0.480 e. The first kappa shape index (κ1) is 12.9. The van der Waals surface area contributed by atoms with Gasteiger partial charge in [-0.3, -0.25) is 0 Å². The fraction of sp³-hybridized carbons (Fsp3) is 0.500. The van der Waals surface area contributed by atoms with Crippen LogP contribution in [-0.4, -0.2) is 23.1 Å². The van der Waals surface area contributed by atoms with E-state index in [0.29, 0.717) is 6.54 Å². The maximum Gasteiger partial charge on any atom is 0.326 e. The van der Waals surface area contributed by atoms with E-state index in [9.17, 15) is 9.59 Å². The monoisotopic (exact) mass is 268 g/mol. The SMILES string of the molecule is Cc1ccc(CNC(=O)NC(C(=O)O)C2CC2)s1. The minimum absolute atomic E-state index is 0.0947. The van der Waals surface area contributed by atoms with Gasteiger partial charge in [0.2, 0.25) is 0 Å². The Morgan fingerprint density at radius 2 is 2.22 bits per heavy atom. The number of carbonyl (C=O) groups is 2. The Morgan fingerprint density at radius 1 is 1.50 bits per heavy atom. The normalized spacial score (nSPS) is 16.1. The number of hydrogen-bond acceptors (Lipinski definition) is 3. The predicted molar refractivity (Wildman–Crippen MR) is 68.6 cm³/mol. The lowest BCUT2D eigenvalue weighted by Gasteiger charge is -2.13. The molecule has 6 heteroatoms. The molecule has 2 rings (SSSR count). The Hall–Kier alpha value is -1.56. The molecule has 5 nitrogen and oxygen atoms in total. The van der Waals surface area contributed by atoms with Gasteiger partial charge in [0.05, 0.1) is 6.54 Å². The third-order valence-electron chi connectivity index (χ3n) is 2.87. The lowest BCUT2D eigenvalue weighted by Crippen LogP contribution is -2.46. The van der Waals surface area contributed by atoms with Crippen LogP contribution < -0.4 is 10.6 Å². The number of amides is 2. The zero-order valence-corrected chi connectivity index (χ0v) is 10.9. The van der Waals surface area contributed by atoms with Gasteiger partial charge in [0.15, 0.2) is 0 Å². The van der Waals surface area contributed by atoms with Crippen molar-refractivity contribution in [3.05, 3.63) is 21.9 Å². The van der Waals surface area contributed by atoms with Gasteiger partial charge in [0, 0.05) is 9.75 Å². The highest BCUT2D eigenvalue weighted by atomic mass is 32.1. The Balaban J connectivity index is 1.79. The van der Waals surface area contributed by atoms with Crippen LogP contribution in [-0.2, 0) is 11.3 Å². The van der Waals surface area contributed by atoms with Gasteiger partial charge in [0.1, 0.15) is 6.04 Å². The van der Waals surface area contributed by atoms with E-state index in [2.05, 4.69) is 10.6 Å². The molecule has 0 aromatic carbocycles. The molecule has 3 N–H and O–H groups in total. The molecular formula is C12H16N2O3S. The molecule has 98 valence electrons. The molecule has 1 aliphatic rings. The molecule has 0 spiro atoms. The van der Waals surface area contributed by atoms with Crippen LogP contribution in [0.4, 0.5) is 4.79 Å². The molecule has 18 heavy (non-hydrogen) atoms. The van der Waals surface area contributed by atoms with Crippen LogP contribution >= 0.6 is 11.3 Å². The van der Waals surface area contributed by atoms with Gasteiger partial charge in [-0.15, -0.1) is 11.3 Å². The van der Waals surface area contributed by atoms with Gasteiger partial charge < -0.3 is 15.7 Å². The van der Waals surface area contributed by atoms with Crippen molar-refractivity contribution in [2.75, 3.05) is 0 Å². The number of rotatable bonds is 5. The van der Waals surface area contributed by atoms with Gasteiger partial charge in [-0.25, -0.2) is 9.59 Å². The molecule has 1 heterocycles. The average Bonchev–Trinajstić information content (AvgIpc) is 3.06. The number of urea groups is 1. The van der Waals surface area contributed by atoms with E-state index >= 15 is 0 Å². The van der Waals surface area contributed by atoms with E-state index in [-0.39, 0.29) is 5.92 Å². The summed E-state index contributed by atoms with van der Waals surface area (Å²) < 4.78 is 0. The fourth-order valence-electron chi connectivity index (χ4n) is 1.75. The van der Waals surface area contributed by atoms with Crippen LogP contribution in [0.3, 0.4) is 0 Å². The van der Waals surface area contributed by atoms with Crippen LogP contribution in [0.1, 0.15) is 22.6 Å². The molecular weight excluding hydrogens is 252 g/mol. The summed E-state index contributed by atoms with van der Waals surface area (Å²) in [6.45, 7) is 2.43. The summed E-state index contributed by atoms with van der Waals surface area (Å²) in [7, 11) is 0.